The Bertz CT molecular complexity index is 692. The molecule has 0 bridgehead atoms. The summed E-state index contributed by atoms with van der Waals surface area (Å²) < 4.78 is 13.1. The van der Waals surface area contributed by atoms with Crippen LogP contribution in [0.25, 0.3) is 5.52 Å². The molecular weight excluding hydrogens is 320 g/mol. The Morgan fingerprint density at radius 1 is 1.61 bits per heavy atom. The van der Waals surface area contributed by atoms with E-state index in [1.165, 1.54) is 11.2 Å². The van der Waals surface area contributed by atoms with E-state index in [9.17, 15) is 4.79 Å². The van der Waals surface area contributed by atoms with Gasteiger partial charge < -0.3 is 19.5 Å². The first-order chi connectivity index (χ1) is 11.2. The van der Waals surface area contributed by atoms with Gasteiger partial charge in [-0.05, 0) is 12.3 Å². The summed E-state index contributed by atoms with van der Waals surface area (Å²) in [4.78, 5) is 16.6. The summed E-state index contributed by atoms with van der Waals surface area (Å²) in [5, 5.41) is 14.1. The van der Waals surface area contributed by atoms with Crippen molar-refractivity contribution in [2.45, 2.75) is 17.7 Å². The number of amides is 1. The zero-order chi connectivity index (χ0) is 16.2. The molecule has 0 radical (unpaired) electrons. The molecule has 3 heterocycles. The normalized spacial score (nSPS) is 18.5. The largest absolute Gasteiger partial charge is 0.465 e. The van der Waals surface area contributed by atoms with Crippen molar-refractivity contribution in [3.63, 3.8) is 0 Å². The number of nitrogens with zero attached hydrogens (tertiary/aromatic N) is 4. The van der Waals surface area contributed by atoms with Crippen LogP contribution in [0.15, 0.2) is 23.6 Å². The van der Waals surface area contributed by atoms with Crippen LogP contribution in [0.1, 0.15) is 5.56 Å². The zero-order valence-electron chi connectivity index (χ0n) is 12.7. The van der Waals surface area contributed by atoms with Gasteiger partial charge in [-0.25, -0.2) is 14.3 Å². The van der Waals surface area contributed by atoms with Crippen LogP contribution < -0.4 is 0 Å². The second kappa shape index (κ2) is 7.16. The molecule has 8 nitrogen and oxygen atoms in total. The van der Waals surface area contributed by atoms with Gasteiger partial charge in [-0.2, -0.15) is 5.10 Å². The first-order valence-corrected chi connectivity index (χ1v) is 8.44. The molecule has 0 spiro atoms. The van der Waals surface area contributed by atoms with Crippen molar-refractivity contribution in [1.82, 2.24) is 19.5 Å². The molecule has 23 heavy (non-hydrogen) atoms. The van der Waals surface area contributed by atoms with Gasteiger partial charge in [0, 0.05) is 18.3 Å². The smallest absolute Gasteiger partial charge is 0.407 e. The van der Waals surface area contributed by atoms with Gasteiger partial charge in [0.05, 0.1) is 32.5 Å². The topological polar surface area (TPSA) is 89.2 Å². The van der Waals surface area contributed by atoms with Crippen LogP contribution in [0.3, 0.4) is 0 Å². The fourth-order valence-electron chi connectivity index (χ4n) is 2.55. The van der Waals surface area contributed by atoms with Crippen LogP contribution in [0.5, 0.6) is 0 Å². The molecule has 124 valence electrons. The molecule has 0 aromatic carbocycles. The molecule has 9 heteroatoms. The maximum atomic E-state index is 11.0. The van der Waals surface area contributed by atoms with Crippen molar-refractivity contribution in [3.05, 3.63) is 24.2 Å². The molecule has 1 atom stereocenters. The second-order valence-electron chi connectivity index (χ2n) is 5.14. The highest BCUT2D eigenvalue weighted by molar-refractivity contribution is 7.98. The van der Waals surface area contributed by atoms with Crippen LogP contribution in [-0.4, -0.2) is 69.4 Å². The molecule has 3 rings (SSSR count). The van der Waals surface area contributed by atoms with Crippen LogP contribution in [0.4, 0.5) is 4.79 Å². The van der Waals surface area contributed by atoms with Crippen molar-refractivity contribution >= 4 is 23.4 Å². The number of fused-ring (bicyclic) bond motifs is 1. The second-order valence-corrected chi connectivity index (χ2v) is 5.93. The van der Waals surface area contributed by atoms with Gasteiger partial charge in [-0.1, -0.05) is 0 Å². The summed E-state index contributed by atoms with van der Waals surface area (Å²) in [6.45, 7) is 1.91. The summed E-state index contributed by atoms with van der Waals surface area (Å²) in [6.07, 6.45) is 4.22. The van der Waals surface area contributed by atoms with Crippen molar-refractivity contribution in [3.8, 4) is 0 Å². The molecular formula is C14H18N4O4S. The van der Waals surface area contributed by atoms with E-state index in [2.05, 4.69) is 10.1 Å². The van der Waals surface area contributed by atoms with Crippen LogP contribution in [0, 0.1) is 0 Å². The lowest BCUT2D eigenvalue weighted by atomic mass is 10.3. The highest BCUT2D eigenvalue weighted by Gasteiger charge is 2.24. The first-order valence-electron chi connectivity index (χ1n) is 7.21. The van der Waals surface area contributed by atoms with E-state index >= 15 is 0 Å². The first kappa shape index (κ1) is 16.0. The van der Waals surface area contributed by atoms with E-state index in [4.69, 9.17) is 14.6 Å². The summed E-state index contributed by atoms with van der Waals surface area (Å²) in [6, 6.07) is 1.95. The summed E-state index contributed by atoms with van der Waals surface area (Å²) in [5.41, 5.74) is 1.94. The lowest BCUT2D eigenvalue weighted by Gasteiger charge is -2.30. The third-order valence-corrected chi connectivity index (χ3v) is 4.35. The Labute approximate surface area is 137 Å². The highest BCUT2D eigenvalue weighted by atomic mass is 32.2. The van der Waals surface area contributed by atoms with Gasteiger partial charge >= 0.3 is 6.09 Å². The SMILES string of the molecule is CSc1ncnn2ccc(COCC3CN(C(=O)O)CCO3)c12. The lowest BCUT2D eigenvalue weighted by molar-refractivity contribution is -0.0659. The molecule has 1 fully saturated rings. The number of hydrogen-bond donors (Lipinski definition) is 1. The van der Waals surface area contributed by atoms with E-state index in [1.807, 2.05) is 18.5 Å². The molecule has 2 aromatic heterocycles. The van der Waals surface area contributed by atoms with E-state index < -0.39 is 6.09 Å². The monoisotopic (exact) mass is 338 g/mol. The maximum Gasteiger partial charge on any atom is 0.407 e. The van der Waals surface area contributed by atoms with Crippen molar-refractivity contribution in [2.24, 2.45) is 0 Å². The van der Waals surface area contributed by atoms with Gasteiger partial charge in [0.1, 0.15) is 16.9 Å². The summed E-state index contributed by atoms with van der Waals surface area (Å²) >= 11 is 1.56. The quantitative estimate of drug-likeness (QED) is 0.823. The molecule has 1 aliphatic rings. The van der Waals surface area contributed by atoms with Crippen LogP contribution in [0.2, 0.25) is 0 Å². The number of rotatable bonds is 5. The van der Waals surface area contributed by atoms with Crippen molar-refractivity contribution < 1.29 is 19.4 Å². The minimum atomic E-state index is -0.918. The number of morpholine rings is 1. The Balaban J connectivity index is 1.60. The van der Waals surface area contributed by atoms with Crippen LogP contribution in [-0.2, 0) is 16.1 Å². The van der Waals surface area contributed by atoms with E-state index in [-0.39, 0.29) is 6.10 Å². The van der Waals surface area contributed by atoms with Crippen molar-refractivity contribution in [2.75, 3.05) is 32.6 Å². The fraction of sp³-hybridized carbons (Fsp3) is 0.500. The minimum absolute atomic E-state index is 0.231. The average molecular weight is 338 g/mol. The Morgan fingerprint density at radius 2 is 2.48 bits per heavy atom. The predicted molar refractivity (Wildman–Crippen MR) is 83.8 cm³/mol. The number of carboxylic acid groups (broad SMARTS) is 1. The van der Waals surface area contributed by atoms with Crippen LogP contribution >= 0.6 is 11.8 Å². The third kappa shape index (κ3) is 3.57. The fourth-order valence-corrected chi connectivity index (χ4v) is 3.12. The molecule has 0 aliphatic carbocycles. The van der Waals surface area contributed by atoms with Crippen molar-refractivity contribution in [1.29, 1.82) is 0 Å². The minimum Gasteiger partial charge on any atom is -0.465 e. The molecule has 1 unspecified atom stereocenters. The predicted octanol–water partition coefficient (Wildman–Crippen LogP) is 1.35. The Hall–Kier alpha value is -1.84. The third-order valence-electron chi connectivity index (χ3n) is 3.67. The Morgan fingerprint density at radius 3 is 3.26 bits per heavy atom. The molecule has 0 saturated carbocycles. The van der Waals surface area contributed by atoms with Gasteiger partial charge in [0.25, 0.3) is 0 Å². The van der Waals surface area contributed by atoms with E-state index in [0.29, 0.717) is 32.9 Å². The number of hydrogen-bond acceptors (Lipinski definition) is 6. The molecule has 2 aromatic rings. The van der Waals surface area contributed by atoms with E-state index in [0.717, 1.165) is 16.1 Å². The summed E-state index contributed by atoms with van der Waals surface area (Å²) in [7, 11) is 0. The average Bonchev–Trinajstić information content (AvgIpc) is 2.98. The Kier molecular flexibility index (Phi) is 4.99. The number of thioether (sulfide) groups is 1. The standard InChI is InChI=1S/C14H18N4O4S/c1-23-13-12-10(2-3-18(12)16-9-15-13)7-21-8-11-6-17(14(19)20)4-5-22-11/h2-3,9,11H,4-8H2,1H3,(H,19,20). The highest BCUT2D eigenvalue weighted by Crippen LogP contribution is 2.22. The van der Waals surface area contributed by atoms with Gasteiger partial charge in [-0.15, -0.1) is 11.8 Å². The molecule has 1 aliphatic heterocycles. The summed E-state index contributed by atoms with van der Waals surface area (Å²) in [5.74, 6) is 0. The molecule has 1 saturated heterocycles. The lowest BCUT2D eigenvalue weighted by Crippen LogP contribution is -2.46. The molecule has 1 N–H and O–H groups in total. The number of carbonyl (C=O) groups is 1. The van der Waals surface area contributed by atoms with E-state index in [1.54, 1.807) is 16.3 Å². The number of ether oxygens (including phenoxy) is 2. The van der Waals surface area contributed by atoms with Gasteiger partial charge in [0.2, 0.25) is 0 Å². The molecule has 1 amide bonds. The maximum absolute atomic E-state index is 11.0. The van der Waals surface area contributed by atoms with Gasteiger partial charge in [-0.3, -0.25) is 0 Å². The number of aromatic nitrogens is 3. The zero-order valence-corrected chi connectivity index (χ0v) is 13.5. The van der Waals surface area contributed by atoms with Gasteiger partial charge in [0.15, 0.2) is 0 Å².